The first-order valence-corrected chi connectivity index (χ1v) is 5.66. The maximum absolute atomic E-state index is 2.29. The van der Waals surface area contributed by atoms with Crippen LogP contribution in [0.2, 0.25) is 0 Å². The molecule has 1 unspecified atom stereocenters. The van der Waals surface area contributed by atoms with Crippen LogP contribution in [0.15, 0.2) is 0 Å². The van der Waals surface area contributed by atoms with Gasteiger partial charge in [-0.3, -0.25) is 0 Å². The minimum Gasteiger partial charge on any atom is -0.0941 e. The quantitative estimate of drug-likeness (QED) is 0.524. The Morgan fingerprint density at radius 1 is 1.50 bits per heavy atom. The summed E-state index contributed by atoms with van der Waals surface area (Å²) >= 11 is 0. The van der Waals surface area contributed by atoms with Gasteiger partial charge in [0.2, 0.25) is 0 Å². The lowest BCUT2D eigenvalue weighted by Crippen LogP contribution is -2.06. The Kier molecular flexibility index (Phi) is 3.13. The van der Waals surface area contributed by atoms with E-state index >= 15 is 0 Å². The Morgan fingerprint density at radius 2 is 2.38 bits per heavy atom. The molecule has 0 aromatic heterocycles. The van der Waals surface area contributed by atoms with Crippen molar-refractivity contribution in [1.29, 1.82) is 0 Å². The molecule has 0 aromatic carbocycles. The monoisotopic (exact) mass is 148 g/mol. The summed E-state index contributed by atoms with van der Waals surface area (Å²) < 4.78 is 0. The molecule has 0 aromatic rings. The highest BCUT2D eigenvalue weighted by molar-refractivity contribution is 8.76. The van der Waals surface area contributed by atoms with Gasteiger partial charge in [0.15, 0.2) is 0 Å². The number of rotatable bonds is 1. The van der Waals surface area contributed by atoms with E-state index in [4.69, 9.17) is 0 Å². The third-order valence-corrected chi connectivity index (χ3v) is 4.16. The van der Waals surface area contributed by atoms with E-state index < -0.39 is 0 Å². The van der Waals surface area contributed by atoms with Crippen LogP contribution in [-0.2, 0) is 0 Å². The van der Waals surface area contributed by atoms with Crippen LogP contribution in [0.1, 0.15) is 19.8 Å². The highest BCUT2D eigenvalue weighted by atomic mass is 33.1. The van der Waals surface area contributed by atoms with Gasteiger partial charge >= 0.3 is 0 Å². The molecule has 0 nitrogen and oxygen atoms in total. The maximum Gasteiger partial charge on any atom is 0.00655 e. The Labute approximate surface area is 59.2 Å². The molecular formula is C6H12S2. The summed E-state index contributed by atoms with van der Waals surface area (Å²) in [6, 6.07) is 0. The minimum absolute atomic E-state index is 1.03. The van der Waals surface area contributed by atoms with Crippen LogP contribution in [0.3, 0.4) is 0 Å². The highest BCUT2D eigenvalue weighted by Crippen LogP contribution is 2.33. The predicted molar refractivity (Wildman–Crippen MR) is 43.3 cm³/mol. The Balaban J connectivity index is 2.13. The number of hydrogen-bond acceptors (Lipinski definition) is 2. The molecule has 0 spiro atoms. The fraction of sp³-hybridized carbons (Fsp3) is 1.00. The summed E-state index contributed by atoms with van der Waals surface area (Å²) in [5.74, 6) is 3.80. The summed E-state index contributed by atoms with van der Waals surface area (Å²) in [4.78, 5) is 0. The van der Waals surface area contributed by atoms with Gasteiger partial charge in [0.25, 0.3) is 0 Å². The fourth-order valence-corrected chi connectivity index (χ4v) is 3.57. The smallest absolute Gasteiger partial charge is 0.00655 e. The first-order chi connectivity index (χ1) is 3.93. The van der Waals surface area contributed by atoms with Crippen molar-refractivity contribution in [3.63, 3.8) is 0 Å². The molecular weight excluding hydrogens is 136 g/mol. The third-order valence-electron chi connectivity index (χ3n) is 1.57. The Morgan fingerprint density at radius 3 is 2.75 bits per heavy atom. The summed E-state index contributed by atoms with van der Waals surface area (Å²) in [5, 5.41) is 0. The SMILES string of the molecule is CCC1CCSSC1. The molecule has 1 rings (SSSR count). The second-order valence-electron chi connectivity index (χ2n) is 2.17. The van der Waals surface area contributed by atoms with E-state index in [9.17, 15) is 0 Å². The molecule has 1 aliphatic heterocycles. The van der Waals surface area contributed by atoms with Gasteiger partial charge in [-0.2, -0.15) is 0 Å². The number of hydrogen-bond donors (Lipinski definition) is 0. The summed E-state index contributed by atoms with van der Waals surface area (Å²) in [6.45, 7) is 2.29. The van der Waals surface area contributed by atoms with E-state index in [1.165, 1.54) is 24.3 Å². The third kappa shape index (κ3) is 1.90. The molecule has 0 aliphatic carbocycles. The van der Waals surface area contributed by atoms with Crippen LogP contribution in [0.5, 0.6) is 0 Å². The van der Waals surface area contributed by atoms with Crippen LogP contribution < -0.4 is 0 Å². The molecule has 48 valence electrons. The van der Waals surface area contributed by atoms with Gasteiger partial charge in [-0.1, -0.05) is 34.9 Å². The van der Waals surface area contributed by atoms with Gasteiger partial charge in [-0.15, -0.1) is 0 Å². The molecule has 1 saturated heterocycles. The lowest BCUT2D eigenvalue weighted by Gasteiger charge is -2.17. The molecule has 0 radical (unpaired) electrons. The zero-order chi connectivity index (χ0) is 5.82. The van der Waals surface area contributed by atoms with E-state index in [-0.39, 0.29) is 0 Å². The average Bonchev–Trinajstić information content (AvgIpc) is 1.90. The van der Waals surface area contributed by atoms with Crippen molar-refractivity contribution in [3.05, 3.63) is 0 Å². The van der Waals surface area contributed by atoms with Gasteiger partial charge in [-0.25, -0.2) is 0 Å². The van der Waals surface area contributed by atoms with E-state index in [1.807, 2.05) is 21.6 Å². The van der Waals surface area contributed by atoms with E-state index in [1.54, 1.807) is 0 Å². The molecule has 1 fully saturated rings. The second kappa shape index (κ2) is 3.67. The van der Waals surface area contributed by atoms with E-state index in [0.29, 0.717) is 0 Å². The normalized spacial score (nSPS) is 30.4. The van der Waals surface area contributed by atoms with Crippen LogP contribution in [0.25, 0.3) is 0 Å². The molecule has 1 atom stereocenters. The molecule has 0 saturated carbocycles. The van der Waals surface area contributed by atoms with Gasteiger partial charge in [0.05, 0.1) is 0 Å². The lowest BCUT2D eigenvalue weighted by molar-refractivity contribution is 0.557. The van der Waals surface area contributed by atoms with Crippen LogP contribution in [0, 0.1) is 5.92 Å². The van der Waals surface area contributed by atoms with Crippen molar-refractivity contribution in [3.8, 4) is 0 Å². The largest absolute Gasteiger partial charge is 0.0941 e. The van der Waals surface area contributed by atoms with Crippen molar-refractivity contribution in [2.24, 2.45) is 5.92 Å². The fourth-order valence-electron chi connectivity index (χ4n) is 0.823. The standard InChI is InChI=1S/C6H12S2/c1-2-6-3-4-7-8-5-6/h6H,2-5H2,1H3. The highest BCUT2D eigenvalue weighted by Gasteiger charge is 2.10. The minimum atomic E-state index is 1.03. The van der Waals surface area contributed by atoms with Crippen molar-refractivity contribution >= 4 is 21.6 Å². The topological polar surface area (TPSA) is 0 Å². The summed E-state index contributed by atoms with van der Waals surface area (Å²) in [5.41, 5.74) is 0. The lowest BCUT2D eigenvalue weighted by atomic mass is 10.1. The van der Waals surface area contributed by atoms with Gasteiger partial charge < -0.3 is 0 Å². The van der Waals surface area contributed by atoms with Gasteiger partial charge in [-0.05, 0) is 12.3 Å². The van der Waals surface area contributed by atoms with E-state index in [0.717, 1.165) is 5.92 Å². The molecule has 0 N–H and O–H groups in total. The zero-order valence-corrected chi connectivity index (χ0v) is 6.86. The Bertz CT molecular complexity index is 57.5. The molecule has 0 amide bonds. The molecule has 8 heavy (non-hydrogen) atoms. The van der Waals surface area contributed by atoms with Crippen molar-refractivity contribution < 1.29 is 0 Å². The average molecular weight is 148 g/mol. The molecule has 0 bridgehead atoms. The molecule has 1 aliphatic rings. The van der Waals surface area contributed by atoms with Gasteiger partial charge in [0.1, 0.15) is 0 Å². The zero-order valence-electron chi connectivity index (χ0n) is 5.22. The van der Waals surface area contributed by atoms with Crippen LogP contribution >= 0.6 is 21.6 Å². The Hall–Kier alpha value is 0.700. The van der Waals surface area contributed by atoms with Gasteiger partial charge in [0, 0.05) is 11.5 Å². The maximum atomic E-state index is 2.29. The van der Waals surface area contributed by atoms with Crippen molar-refractivity contribution in [2.45, 2.75) is 19.8 Å². The van der Waals surface area contributed by atoms with E-state index in [2.05, 4.69) is 6.92 Å². The summed E-state index contributed by atoms with van der Waals surface area (Å²) in [6.07, 6.45) is 2.84. The van der Waals surface area contributed by atoms with Crippen molar-refractivity contribution in [1.82, 2.24) is 0 Å². The first kappa shape index (κ1) is 6.81. The van der Waals surface area contributed by atoms with Crippen LogP contribution in [-0.4, -0.2) is 11.5 Å². The predicted octanol–water partition coefficient (Wildman–Crippen LogP) is 2.80. The van der Waals surface area contributed by atoms with Crippen LogP contribution in [0.4, 0.5) is 0 Å². The second-order valence-corrected chi connectivity index (χ2v) is 4.80. The first-order valence-electron chi connectivity index (χ1n) is 3.18. The summed E-state index contributed by atoms with van der Waals surface area (Å²) in [7, 11) is 4.07. The van der Waals surface area contributed by atoms with Crippen molar-refractivity contribution in [2.75, 3.05) is 11.5 Å². The molecule has 2 heteroatoms. The molecule has 1 heterocycles.